The van der Waals surface area contributed by atoms with Crippen LogP contribution in [0.3, 0.4) is 0 Å². The van der Waals surface area contributed by atoms with Crippen molar-refractivity contribution in [2.75, 3.05) is 14.2 Å². The molecule has 0 aliphatic heterocycles. The lowest BCUT2D eigenvalue weighted by atomic mass is 10.1. The smallest absolute Gasteiger partial charge is 0.287 e. The van der Waals surface area contributed by atoms with Crippen molar-refractivity contribution in [1.29, 1.82) is 0 Å². The average molecular weight is 338 g/mol. The SMILES string of the molecule is CNS(=O)(=O)c1ccc(C(=O)NCc2cccc(COC)c2)o1. The second-order valence-electron chi connectivity index (χ2n) is 4.76. The number of sulfonamides is 1. The van der Waals surface area contributed by atoms with Crippen LogP contribution in [0, 0.1) is 0 Å². The van der Waals surface area contributed by atoms with E-state index in [1.165, 1.54) is 19.2 Å². The Kier molecular flexibility index (Phi) is 5.54. The molecule has 0 aliphatic carbocycles. The van der Waals surface area contributed by atoms with Crippen LogP contribution < -0.4 is 10.0 Å². The minimum Gasteiger partial charge on any atom is -0.438 e. The van der Waals surface area contributed by atoms with Gasteiger partial charge in [-0.15, -0.1) is 0 Å². The molecule has 0 aliphatic rings. The van der Waals surface area contributed by atoms with Crippen molar-refractivity contribution < 1.29 is 22.4 Å². The van der Waals surface area contributed by atoms with Crippen LogP contribution in [0.2, 0.25) is 0 Å². The molecule has 1 aromatic heterocycles. The van der Waals surface area contributed by atoms with E-state index in [-0.39, 0.29) is 10.9 Å². The van der Waals surface area contributed by atoms with Gasteiger partial charge in [0.05, 0.1) is 6.61 Å². The van der Waals surface area contributed by atoms with E-state index in [1.54, 1.807) is 7.11 Å². The molecule has 2 N–H and O–H groups in total. The molecule has 1 heterocycles. The van der Waals surface area contributed by atoms with Gasteiger partial charge in [0.25, 0.3) is 15.9 Å². The Morgan fingerprint density at radius 2 is 1.96 bits per heavy atom. The first kappa shape index (κ1) is 17.2. The molecule has 0 saturated carbocycles. The second kappa shape index (κ2) is 7.40. The number of ether oxygens (including phenoxy) is 1. The van der Waals surface area contributed by atoms with Crippen molar-refractivity contribution in [1.82, 2.24) is 10.0 Å². The Morgan fingerprint density at radius 1 is 1.22 bits per heavy atom. The molecular weight excluding hydrogens is 320 g/mol. The van der Waals surface area contributed by atoms with Crippen LogP contribution in [0.5, 0.6) is 0 Å². The number of carbonyl (C=O) groups excluding carboxylic acids is 1. The molecule has 0 unspecified atom stereocenters. The number of amides is 1. The standard InChI is InChI=1S/C15H18N2O5S/c1-16-23(19,20)14-7-6-13(22-14)15(18)17-9-11-4-3-5-12(8-11)10-21-2/h3-8,16H,9-10H2,1-2H3,(H,17,18). The number of hydrogen-bond acceptors (Lipinski definition) is 5. The van der Waals surface area contributed by atoms with Crippen LogP contribution in [0.4, 0.5) is 0 Å². The zero-order chi connectivity index (χ0) is 16.9. The first-order chi connectivity index (χ1) is 11.0. The zero-order valence-electron chi connectivity index (χ0n) is 12.8. The maximum Gasteiger partial charge on any atom is 0.287 e. The fourth-order valence-corrected chi connectivity index (χ4v) is 2.60. The van der Waals surface area contributed by atoms with E-state index in [1.807, 2.05) is 24.3 Å². The fraction of sp³-hybridized carbons (Fsp3) is 0.267. The molecular formula is C15H18N2O5S. The summed E-state index contributed by atoms with van der Waals surface area (Å²) in [5.41, 5.74) is 1.90. The summed E-state index contributed by atoms with van der Waals surface area (Å²) in [6, 6.07) is 10.2. The molecule has 8 heteroatoms. The first-order valence-electron chi connectivity index (χ1n) is 6.84. The second-order valence-corrected chi connectivity index (χ2v) is 6.58. The number of hydrogen-bond donors (Lipinski definition) is 2. The highest BCUT2D eigenvalue weighted by Crippen LogP contribution is 2.13. The lowest BCUT2D eigenvalue weighted by Crippen LogP contribution is -2.22. The van der Waals surface area contributed by atoms with E-state index in [2.05, 4.69) is 10.0 Å². The van der Waals surface area contributed by atoms with Gasteiger partial charge in [-0.25, -0.2) is 13.1 Å². The predicted octanol–water partition coefficient (Wildman–Crippen LogP) is 1.26. The summed E-state index contributed by atoms with van der Waals surface area (Å²) in [5, 5.41) is 2.38. The monoisotopic (exact) mass is 338 g/mol. The molecule has 124 valence electrons. The third kappa shape index (κ3) is 4.41. The van der Waals surface area contributed by atoms with E-state index in [0.717, 1.165) is 11.1 Å². The summed E-state index contributed by atoms with van der Waals surface area (Å²) in [6.07, 6.45) is 0. The summed E-state index contributed by atoms with van der Waals surface area (Å²) in [7, 11) is -0.819. The summed E-state index contributed by atoms with van der Waals surface area (Å²) < 4.78 is 35.4. The van der Waals surface area contributed by atoms with Crippen molar-refractivity contribution in [2.45, 2.75) is 18.2 Å². The zero-order valence-corrected chi connectivity index (χ0v) is 13.6. The van der Waals surface area contributed by atoms with Gasteiger partial charge in [0.15, 0.2) is 5.76 Å². The summed E-state index contributed by atoms with van der Waals surface area (Å²) in [5.74, 6) is -0.549. The third-order valence-electron chi connectivity index (χ3n) is 3.09. The van der Waals surface area contributed by atoms with Crippen LogP contribution in [0.15, 0.2) is 45.9 Å². The lowest BCUT2D eigenvalue weighted by Gasteiger charge is -2.06. The normalized spacial score (nSPS) is 11.4. The molecule has 0 spiro atoms. The molecule has 1 aromatic carbocycles. The minimum absolute atomic E-state index is 0.0631. The Morgan fingerprint density at radius 3 is 2.65 bits per heavy atom. The number of benzene rings is 1. The number of methoxy groups -OCH3 is 1. The van der Waals surface area contributed by atoms with Gasteiger partial charge in [-0.05, 0) is 30.3 Å². The lowest BCUT2D eigenvalue weighted by molar-refractivity contribution is 0.0918. The van der Waals surface area contributed by atoms with Gasteiger partial charge < -0.3 is 14.5 Å². The molecule has 0 bridgehead atoms. The molecule has 1 amide bonds. The maximum absolute atomic E-state index is 12.0. The van der Waals surface area contributed by atoms with E-state index in [9.17, 15) is 13.2 Å². The van der Waals surface area contributed by atoms with Gasteiger partial charge >= 0.3 is 0 Å². The van der Waals surface area contributed by atoms with Crippen LogP contribution >= 0.6 is 0 Å². The first-order valence-corrected chi connectivity index (χ1v) is 8.33. The molecule has 0 atom stereocenters. The van der Waals surface area contributed by atoms with Crippen LogP contribution in [-0.2, 0) is 27.9 Å². The van der Waals surface area contributed by atoms with Crippen molar-refractivity contribution >= 4 is 15.9 Å². The van der Waals surface area contributed by atoms with Crippen molar-refractivity contribution in [3.8, 4) is 0 Å². The number of carbonyl (C=O) groups is 1. The Bertz CT molecular complexity index is 783. The van der Waals surface area contributed by atoms with Gasteiger partial charge in [0.2, 0.25) is 5.09 Å². The highest BCUT2D eigenvalue weighted by atomic mass is 32.2. The Balaban J connectivity index is 2.01. The highest BCUT2D eigenvalue weighted by Gasteiger charge is 2.19. The molecule has 0 saturated heterocycles. The van der Waals surface area contributed by atoms with Crippen molar-refractivity contribution in [2.24, 2.45) is 0 Å². The average Bonchev–Trinajstić information content (AvgIpc) is 3.04. The molecule has 2 aromatic rings. The van der Waals surface area contributed by atoms with E-state index >= 15 is 0 Å². The molecule has 0 radical (unpaired) electrons. The van der Waals surface area contributed by atoms with E-state index in [4.69, 9.17) is 9.15 Å². The summed E-state index contributed by atoms with van der Waals surface area (Å²) in [6.45, 7) is 0.788. The number of rotatable bonds is 7. The summed E-state index contributed by atoms with van der Waals surface area (Å²) >= 11 is 0. The Labute approximate surface area is 134 Å². The predicted molar refractivity (Wildman–Crippen MR) is 83.3 cm³/mol. The quantitative estimate of drug-likeness (QED) is 0.792. The van der Waals surface area contributed by atoms with Crippen LogP contribution in [0.1, 0.15) is 21.7 Å². The third-order valence-corrected chi connectivity index (χ3v) is 4.38. The van der Waals surface area contributed by atoms with Crippen molar-refractivity contribution in [3.05, 3.63) is 53.3 Å². The largest absolute Gasteiger partial charge is 0.438 e. The molecule has 7 nitrogen and oxygen atoms in total. The van der Waals surface area contributed by atoms with E-state index < -0.39 is 15.9 Å². The number of nitrogens with one attached hydrogen (secondary N) is 2. The van der Waals surface area contributed by atoms with Gasteiger partial charge in [-0.1, -0.05) is 24.3 Å². The molecule has 0 fully saturated rings. The summed E-state index contributed by atoms with van der Waals surface area (Å²) in [4.78, 5) is 12.0. The molecule has 2 rings (SSSR count). The fourth-order valence-electron chi connectivity index (χ4n) is 1.95. The van der Waals surface area contributed by atoms with Crippen LogP contribution in [-0.4, -0.2) is 28.5 Å². The van der Waals surface area contributed by atoms with Gasteiger partial charge in [0.1, 0.15) is 0 Å². The van der Waals surface area contributed by atoms with Crippen LogP contribution in [0.25, 0.3) is 0 Å². The highest BCUT2D eigenvalue weighted by molar-refractivity contribution is 7.89. The molecule has 23 heavy (non-hydrogen) atoms. The Hall–Kier alpha value is -2.16. The number of furan rings is 1. The van der Waals surface area contributed by atoms with Gasteiger partial charge in [0, 0.05) is 13.7 Å². The topological polar surface area (TPSA) is 97.6 Å². The van der Waals surface area contributed by atoms with Crippen molar-refractivity contribution in [3.63, 3.8) is 0 Å². The maximum atomic E-state index is 12.0. The van der Waals surface area contributed by atoms with Gasteiger partial charge in [-0.2, -0.15) is 0 Å². The minimum atomic E-state index is -3.70. The van der Waals surface area contributed by atoms with Gasteiger partial charge in [-0.3, -0.25) is 4.79 Å². The van der Waals surface area contributed by atoms with E-state index in [0.29, 0.717) is 13.2 Å².